The zero-order valence-electron chi connectivity index (χ0n) is 31.6. The normalized spacial score (nSPS) is 13.2. The van der Waals surface area contributed by atoms with Crippen molar-refractivity contribution < 1.29 is 4.42 Å². The van der Waals surface area contributed by atoms with Gasteiger partial charge in [-0.05, 0) is 113 Å². The zero-order chi connectivity index (χ0) is 38.3. The molecule has 3 heterocycles. The molecular weight excluding hydrogens is 725 g/mol. The Bertz CT molecular complexity index is 3460. The van der Waals surface area contributed by atoms with Gasteiger partial charge >= 0.3 is 0 Å². The number of furan rings is 1. The maximum absolute atomic E-state index is 6.15. The Hall–Kier alpha value is -7.01. The predicted octanol–water partition coefficient (Wildman–Crippen LogP) is 15.6. The summed E-state index contributed by atoms with van der Waals surface area (Å²) in [5, 5.41) is 7.33. The number of hydrogen-bond acceptors (Lipinski definition) is 3. The van der Waals surface area contributed by atoms with E-state index in [1.54, 1.807) is 0 Å². The molecule has 274 valence electrons. The van der Waals surface area contributed by atoms with Gasteiger partial charge in [0.2, 0.25) is 0 Å². The minimum Gasteiger partial charge on any atom is -0.456 e. The van der Waals surface area contributed by atoms with Crippen molar-refractivity contribution in [3.8, 4) is 22.3 Å². The maximum Gasteiger partial charge on any atom is 0.135 e. The quantitative estimate of drug-likeness (QED) is 0.170. The molecule has 0 amide bonds. The molecule has 0 atom stereocenters. The lowest BCUT2D eigenvalue weighted by Gasteiger charge is -2.27. The second-order valence-corrected chi connectivity index (χ2v) is 15.8. The second-order valence-electron chi connectivity index (χ2n) is 15.3. The zero-order valence-corrected chi connectivity index (χ0v) is 32.5. The molecule has 1 aliphatic carbocycles. The standard InChI is InChI=1S/C54H36N2OS/c58-52-31-25-38(32-46(52)36-10-2-1-3-11-36)35-22-28-40(29-23-35)55(39-26-20-34(21-27-39)37-24-30-51-47(33-37)42-13-5-7-19-50(42)57-51)49-18-9-16-45-44-15-8-14-43-41-12-4-6-17-48(41)56(53(43)44)54(45)49/h2,4-33,58H,1,3H2. The minimum absolute atomic E-state index is 0.905. The van der Waals surface area contributed by atoms with Gasteiger partial charge in [0.25, 0.3) is 0 Å². The molecule has 8 aromatic carbocycles. The van der Waals surface area contributed by atoms with Crippen LogP contribution in [0.25, 0.3) is 87.9 Å². The van der Waals surface area contributed by atoms with Crippen LogP contribution in [0.2, 0.25) is 0 Å². The van der Waals surface area contributed by atoms with Gasteiger partial charge in [0.1, 0.15) is 11.2 Å². The van der Waals surface area contributed by atoms with E-state index < -0.39 is 0 Å². The van der Waals surface area contributed by atoms with Gasteiger partial charge in [0, 0.05) is 48.6 Å². The molecule has 3 nitrogen and oxygen atoms in total. The van der Waals surface area contributed by atoms with Gasteiger partial charge in [-0.2, -0.15) is 0 Å². The van der Waals surface area contributed by atoms with Gasteiger partial charge < -0.3 is 13.7 Å². The number of anilines is 3. The van der Waals surface area contributed by atoms with Crippen LogP contribution < -0.4 is 4.90 Å². The molecule has 0 saturated carbocycles. The van der Waals surface area contributed by atoms with Crippen molar-refractivity contribution in [2.24, 2.45) is 0 Å². The second kappa shape index (κ2) is 13.0. The summed E-state index contributed by atoms with van der Waals surface area (Å²) in [4.78, 5) is 3.42. The first kappa shape index (κ1) is 33.2. The molecule has 1 aliphatic rings. The summed E-state index contributed by atoms with van der Waals surface area (Å²) in [6, 6.07) is 61.7. The summed E-state index contributed by atoms with van der Waals surface area (Å²) in [6.45, 7) is 0. The number of fused-ring (bicyclic) bond motifs is 9. The van der Waals surface area contributed by atoms with E-state index in [1.807, 2.05) is 12.1 Å². The van der Waals surface area contributed by atoms with Crippen molar-refractivity contribution in [1.29, 1.82) is 0 Å². The SMILES string of the molecule is Sc1ccc(-c2ccc(N(c3ccc(-c4ccc5oc6ccccc6c5c4)cc3)c3cccc4c5cccc6c7ccccc7n(c34)c65)cc2)cc1C1=CCCC=C1. The molecule has 0 fully saturated rings. The predicted molar refractivity (Wildman–Crippen MR) is 248 cm³/mol. The highest BCUT2D eigenvalue weighted by molar-refractivity contribution is 7.80. The number of hydrogen-bond donors (Lipinski definition) is 1. The molecule has 4 heteroatoms. The lowest BCUT2D eigenvalue weighted by molar-refractivity contribution is 0.669. The van der Waals surface area contributed by atoms with Crippen LogP contribution in [0.4, 0.5) is 17.1 Å². The third kappa shape index (κ3) is 5.08. The van der Waals surface area contributed by atoms with Crippen LogP contribution in [0.1, 0.15) is 18.4 Å². The highest BCUT2D eigenvalue weighted by Crippen LogP contribution is 2.46. The minimum atomic E-state index is 0.905. The van der Waals surface area contributed by atoms with E-state index >= 15 is 0 Å². The topological polar surface area (TPSA) is 20.8 Å². The third-order valence-corrected chi connectivity index (χ3v) is 12.5. The first-order valence-electron chi connectivity index (χ1n) is 20.0. The molecule has 0 N–H and O–H groups in total. The van der Waals surface area contributed by atoms with E-state index in [-0.39, 0.29) is 0 Å². The van der Waals surface area contributed by atoms with Crippen LogP contribution in [0.5, 0.6) is 0 Å². The number of nitrogens with zero attached hydrogens (tertiary/aromatic N) is 2. The van der Waals surface area contributed by atoms with E-state index in [1.165, 1.54) is 60.4 Å². The molecular formula is C54H36N2OS. The maximum atomic E-state index is 6.15. The average molecular weight is 761 g/mol. The van der Waals surface area contributed by atoms with Crippen LogP contribution >= 0.6 is 12.6 Å². The number of para-hydroxylation sites is 4. The van der Waals surface area contributed by atoms with E-state index in [2.05, 4.69) is 185 Å². The van der Waals surface area contributed by atoms with Crippen LogP contribution in [0.3, 0.4) is 0 Å². The Labute approximate surface area is 341 Å². The Morgan fingerprint density at radius 2 is 1.09 bits per heavy atom. The van der Waals surface area contributed by atoms with Crippen molar-refractivity contribution in [3.63, 3.8) is 0 Å². The monoisotopic (exact) mass is 760 g/mol. The van der Waals surface area contributed by atoms with Crippen LogP contribution in [-0.4, -0.2) is 4.40 Å². The van der Waals surface area contributed by atoms with Gasteiger partial charge in [-0.3, -0.25) is 0 Å². The van der Waals surface area contributed by atoms with Crippen LogP contribution in [-0.2, 0) is 0 Å². The molecule has 12 rings (SSSR count). The highest BCUT2D eigenvalue weighted by Gasteiger charge is 2.23. The fraction of sp³-hybridized carbons (Fsp3) is 0.0370. The average Bonchev–Trinajstić information content (AvgIpc) is 3.95. The summed E-state index contributed by atoms with van der Waals surface area (Å²) in [7, 11) is 0. The van der Waals surface area contributed by atoms with Crippen molar-refractivity contribution in [2.45, 2.75) is 17.7 Å². The Balaban J connectivity index is 1.03. The molecule has 11 aromatic rings. The lowest BCUT2D eigenvalue weighted by atomic mass is 9.95. The number of thiol groups is 1. The largest absolute Gasteiger partial charge is 0.456 e. The fourth-order valence-corrected chi connectivity index (χ4v) is 9.60. The molecule has 58 heavy (non-hydrogen) atoms. The van der Waals surface area contributed by atoms with Crippen molar-refractivity contribution >= 4 is 95.3 Å². The Morgan fingerprint density at radius 3 is 1.84 bits per heavy atom. The number of aromatic nitrogens is 1. The van der Waals surface area contributed by atoms with Crippen molar-refractivity contribution in [3.05, 3.63) is 194 Å². The van der Waals surface area contributed by atoms with Gasteiger partial charge in [-0.25, -0.2) is 0 Å². The third-order valence-electron chi connectivity index (χ3n) is 12.1. The van der Waals surface area contributed by atoms with Crippen LogP contribution in [0.15, 0.2) is 197 Å². The summed E-state index contributed by atoms with van der Waals surface area (Å²) >= 11 is 4.85. The van der Waals surface area contributed by atoms with E-state index in [9.17, 15) is 0 Å². The van der Waals surface area contributed by atoms with Crippen molar-refractivity contribution in [2.75, 3.05) is 4.90 Å². The van der Waals surface area contributed by atoms with E-state index in [4.69, 9.17) is 17.0 Å². The van der Waals surface area contributed by atoms with Gasteiger partial charge in [0.15, 0.2) is 0 Å². The van der Waals surface area contributed by atoms with Crippen molar-refractivity contribution in [1.82, 2.24) is 4.40 Å². The molecule has 0 saturated heterocycles. The number of allylic oxidation sites excluding steroid dienone is 4. The molecule has 0 unspecified atom stereocenters. The van der Waals surface area contributed by atoms with E-state index in [0.29, 0.717) is 0 Å². The lowest BCUT2D eigenvalue weighted by Crippen LogP contribution is -2.11. The number of benzene rings is 8. The molecule has 0 bridgehead atoms. The molecule has 0 spiro atoms. The van der Waals surface area contributed by atoms with Crippen LogP contribution in [0, 0.1) is 0 Å². The highest BCUT2D eigenvalue weighted by atomic mass is 32.1. The molecule has 0 radical (unpaired) electrons. The van der Waals surface area contributed by atoms with E-state index in [0.717, 1.165) is 67.9 Å². The summed E-state index contributed by atoms with van der Waals surface area (Å²) in [5.74, 6) is 0. The first-order valence-corrected chi connectivity index (χ1v) is 20.4. The number of rotatable bonds is 6. The van der Waals surface area contributed by atoms with Gasteiger partial charge in [0.05, 0.1) is 22.2 Å². The summed E-state index contributed by atoms with van der Waals surface area (Å²) in [6.07, 6.45) is 8.95. The summed E-state index contributed by atoms with van der Waals surface area (Å²) < 4.78 is 8.64. The Morgan fingerprint density at radius 1 is 0.483 bits per heavy atom. The smallest absolute Gasteiger partial charge is 0.135 e. The molecule has 0 aliphatic heterocycles. The summed E-state index contributed by atoms with van der Waals surface area (Å²) in [5.41, 5.74) is 15.9. The Kier molecular flexibility index (Phi) is 7.44. The van der Waals surface area contributed by atoms with Gasteiger partial charge in [-0.15, -0.1) is 12.6 Å². The van der Waals surface area contributed by atoms with Gasteiger partial charge in [-0.1, -0.05) is 121 Å². The fourth-order valence-electron chi connectivity index (χ4n) is 9.33. The first-order chi connectivity index (χ1) is 28.7. The molecule has 3 aromatic heterocycles.